The maximum atomic E-state index is 12.4. The maximum absolute atomic E-state index is 12.4. The largest absolute Gasteiger partial charge is 0.497 e. The Bertz CT molecular complexity index is 821. The third-order valence-electron chi connectivity index (χ3n) is 3.70. The number of methoxy groups -OCH3 is 2. The van der Waals surface area contributed by atoms with Gasteiger partial charge in [0.2, 0.25) is 11.9 Å². The number of ether oxygens (including phenoxy) is 3. The van der Waals surface area contributed by atoms with Gasteiger partial charge in [0.1, 0.15) is 17.2 Å². The van der Waals surface area contributed by atoms with E-state index in [1.54, 1.807) is 62.8 Å². The van der Waals surface area contributed by atoms with Crippen molar-refractivity contribution in [2.75, 3.05) is 19.5 Å². The number of rotatable bonds is 5. The van der Waals surface area contributed by atoms with Gasteiger partial charge < -0.3 is 19.5 Å². The van der Waals surface area contributed by atoms with Crippen molar-refractivity contribution in [3.63, 3.8) is 0 Å². The summed E-state index contributed by atoms with van der Waals surface area (Å²) in [5.74, 6) is 0.737. The monoisotopic (exact) mass is 339 g/mol. The van der Waals surface area contributed by atoms with E-state index in [1.807, 2.05) is 0 Å². The Hall–Kier alpha value is -3.28. The van der Waals surface area contributed by atoms with Gasteiger partial charge in [-0.25, -0.2) is 0 Å². The standard InChI is InChI=1S/C19H17NO5/c1-23-13-9-12(10-14(11-13)24-2)7-8-16(21)18-19(22)20-15-5-3-4-6-17(15)25-18/h3-11,18H,1-2H3,(H,20,22). The van der Waals surface area contributed by atoms with Crippen molar-refractivity contribution >= 4 is 23.5 Å². The molecule has 1 amide bonds. The highest BCUT2D eigenvalue weighted by Crippen LogP contribution is 2.29. The van der Waals surface area contributed by atoms with Crippen molar-refractivity contribution < 1.29 is 23.8 Å². The van der Waals surface area contributed by atoms with Gasteiger partial charge in [-0.2, -0.15) is 0 Å². The molecule has 0 spiro atoms. The molecule has 2 aromatic rings. The lowest BCUT2D eigenvalue weighted by Crippen LogP contribution is -2.42. The van der Waals surface area contributed by atoms with Crippen molar-refractivity contribution in [1.82, 2.24) is 0 Å². The maximum Gasteiger partial charge on any atom is 0.273 e. The number of anilines is 1. The molecule has 25 heavy (non-hydrogen) atoms. The zero-order valence-corrected chi connectivity index (χ0v) is 13.8. The summed E-state index contributed by atoms with van der Waals surface area (Å²) < 4.78 is 15.9. The summed E-state index contributed by atoms with van der Waals surface area (Å²) in [7, 11) is 3.09. The molecule has 1 atom stereocenters. The molecule has 2 aromatic carbocycles. The Morgan fingerprint density at radius 2 is 1.80 bits per heavy atom. The fraction of sp³-hybridized carbons (Fsp3) is 0.158. The summed E-state index contributed by atoms with van der Waals surface area (Å²) in [6.45, 7) is 0. The fourth-order valence-corrected chi connectivity index (χ4v) is 2.43. The average molecular weight is 339 g/mol. The van der Waals surface area contributed by atoms with Gasteiger partial charge in [0.15, 0.2) is 0 Å². The van der Waals surface area contributed by atoms with Crippen molar-refractivity contribution in [2.45, 2.75) is 6.10 Å². The minimum Gasteiger partial charge on any atom is -0.497 e. The van der Waals surface area contributed by atoms with E-state index in [0.717, 1.165) is 0 Å². The Morgan fingerprint density at radius 1 is 1.12 bits per heavy atom. The topological polar surface area (TPSA) is 73.9 Å². The molecule has 0 fully saturated rings. The van der Waals surface area contributed by atoms with Gasteiger partial charge >= 0.3 is 0 Å². The third kappa shape index (κ3) is 3.63. The van der Waals surface area contributed by atoms with E-state index in [4.69, 9.17) is 14.2 Å². The molecule has 3 rings (SSSR count). The van der Waals surface area contributed by atoms with E-state index in [1.165, 1.54) is 6.08 Å². The number of fused-ring (bicyclic) bond motifs is 1. The SMILES string of the molecule is COc1cc(C=CC(=O)C2Oc3ccccc3NC2=O)cc(OC)c1. The number of carbonyl (C=O) groups is 2. The predicted octanol–water partition coefficient (Wildman–Crippen LogP) is 2.69. The van der Waals surface area contributed by atoms with Crippen LogP contribution in [0.1, 0.15) is 5.56 Å². The van der Waals surface area contributed by atoms with E-state index >= 15 is 0 Å². The van der Waals surface area contributed by atoms with Crippen molar-refractivity contribution in [3.8, 4) is 17.2 Å². The summed E-state index contributed by atoms with van der Waals surface area (Å²) in [6, 6.07) is 12.2. The van der Waals surface area contributed by atoms with E-state index in [-0.39, 0.29) is 0 Å². The number of hydrogen-bond acceptors (Lipinski definition) is 5. The lowest BCUT2D eigenvalue weighted by molar-refractivity contribution is -0.132. The molecule has 0 aromatic heterocycles. The zero-order valence-electron chi connectivity index (χ0n) is 13.8. The lowest BCUT2D eigenvalue weighted by atomic mass is 10.1. The van der Waals surface area contributed by atoms with Crippen LogP contribution in [0.2, 0.25) is 0 Å². The van der Waals surface area contributed by atoms with Gasteiger partial charge in [0.05, 0.1) is 19.9 Å². The van der Waals surface area contributed by atoms with Crippen LogP contribution in [0, 0.1) is 0 Å². The van der Waals surface area contributed by atoms with Gasteiger partial charge in [-0.15, -0.1) is 0 Å². The number of hydrogen-bond donors (Lipinski definition) is 1. The normalized spacial score (nSPS) is 15.9. The summed E-state index contributed by atoms with van der Waals surface area (Å²) in [4.78, 5) is 24.4. The number of ketones is 1. The van der Waals surface area contributed by atoms with Crippen LogP contribution < -0.4 is 19.5 Å². The van der Waals surface area contributed by atoms with Crippen LogP contribution in [-0.2, 0) is 9.59 Å². The smallest absolute Gasteiger partial charge is 0.273 e. The highest BCUT2D eigenvalue weighted by Gasteiger charge is 2.32. The van der Waals surface area contributed by atoms with E-state index in [2.05, 4.69) is 5.32 Å². The minimum absolute atomic E-state index is 0.450. The molecular weight excluding hydrogens is 322 g/mol. The summed E-state index contributed by atoms with van der Waals surface area (Å²) in [5, 5.41) is 2.67. The Kier molecular flexibility index (Phi) is 4.70. The molecule has 1 unspecified atom stereocenters. The minimum atomic E-state index is -1.21. The zero-order chi connectivity index (χ0) is 17.8. The van der Waals surface area contributed by atoms with E-state index < -0.39 is 17.8 Å². The summed E-state index contributed by atoms with van der Waals surface area (Å²) >= 11 is 0. The molecule has 1 heterocycles. The molecule has 0 bridgehead atoms. The van der Waals surface area contributed by atoms with Gasteiger partial charge in [0, 0.05) is 6.07 Å². The second-order valence-electron chi connectivity index (χ2n) is 5.37. The first-order valence-corrected chi connectivity index (χ1v) is 7.62. The first kappa shape index (κ1) is 16.6. The fourth-order valence-electron chi connectivity index (χ4n) is 2.43. The van der Waals surface area contributed by atoms with Crippen LogP contribution in [0.4, 0.5) is 5.69 Å². The van der Waals surface area contributed by atoms with Gasteiger partial charge in [0.25, 0.3) is 5.91 Å². The number of nitrogens with one attached hydrogen (secondary N) is 1. The first-order chi connectivity index (χ1) is 12.1. The Labute approximate surface area is 145 Å². The molecule has 0 radical (unpaired) electrons. The van der Waals surface area contributed by atoms with E-state index in [0.29, 0.717) is 28.5 Å². The lowest BCUT2D eigenvalue weighted by Gasteiger charge is -2.23. The first-order valence-electron chi connectivity index (χ1n) is 7.62. The average Bonchev–Trinajstić information content (AvgIpc) is 2.65. The van der Waals surface area contributed by atoms with Crippen molar-refractivity contribution in [3.05, 3.63) is 54.1 Å². The van der Waals surface area contributed by atoms with Crippen molar-refractivity contribution in [1.29, 1.82) is 0 Å². The third-order valence-corrected chi connectivity index (χ3v) is 3.70. The second-order valence-corrected chi connectivity index (χ2v) is 5.37. The molecular formula is C19H17NO5. The molecule has 0 saturated carbocycles. The van der Waals surface area contributed by atoms with Crippen LogP contribution in [0.3, 0.4) is 0 Å². The summed E-state index contributed by atoms with van der Waals surface area (Å²) in [6.07, 6.45) is 1.69. The van der Waals surface area contributed by atoms with E-state index in [9.17, 15) is 9.59 Å². The molecule has 6 heteroatoms. The number of carbonyl (C=O) groups excluding carboxylic acids is 2. The Morgan fingerprint density at radius 3 is 2.48 bits per heavy atom. The molecule has 1 aliphatic rings. The number of amides is 1. The molecule has 0 aliphatic carbocycles. The molecule has 0 saturated heterocycles. The van der Waals surface area contributed by atoms with Crippen LogP contribution in [0.5, 0.6) is 17.2 Å². The van der Waals surface area contributed by atoms with Crippen molar-refractivity contribution in [2.24, 2.45) is 0 Å². The highest BCUT2D eigenvalue weighted by molar-refractivity contribution is 6.16. The van der Waals surface area contributed by atoms with Crippen LogP contribution in [-0.4, -0.2) is 32.0 Å². The van der Waals surface area contributed by atoms with Gasteiger partial charge in [-0.1, -0.05) is 18.2 Å². The second kappa shape index (κ2) is 7.09. The molecule has 1 aliphatic heterocycles. The number of benzene rings is 2. The van der Waals surface area contributed by atoms with Crippen LogP contribution in [0.15, 0.2) is 48.5 Å². The highest BCUT2D eigenvalue weighted by atomic mass is 16.5. The van der Waals surface area contributed by atoms with Gasteiger partial charge in [-0.05, 0) is 35.9 Å². The Balaban J connectivity index is 1.78. The van der Waals surface area contributed by atoms with Crippen LogP contribution >= 0.6 is 0 Å². The molecule has 128 valence electrons. The number of para-hydroxylation sites is 2. The molecule has 6 nitrogen and oxygen atoms in total. The molecule has 1 N–H and O–H groups in total. The summed E-state index contributed by atoms with van der Waals surface area (Å²) in [5.41, 5.74) is 1.26. The van der Waals surface area contributed by atoms with Gasteiger partial charge in [-0.3, -0.25) is 9.59 Å². The quantitative estimate of drug-likeness (QED) is 0.670. The predicted molar refractivity (Wildman–Crippen MR) is 93.1 cm³/mol. The van der Waals surface area contributed by atoms with Crippen LogP contribution in [0.25, 0.3) is 6.08 Å².